The van der Waals surface area contributed by atoms with Crippen molar-refractivity contribution >= 4 is 12.0 Å². The normalized spacial score (nSPS) is 11.0. The fourth-order valence-electron chi connectivity index (χ4n) is 2.42. The van der Waals surface area contributed by atoms with Crippen LogP contribution in [-0.4, -0.2) is 26.2 Å². The predicted molar refractivity (Wildman–Crippen MR) is 93.9 cm³/mol. The number of carbonyl (C=O) groups excluding carboxylic acids is 1. The van der Waals surface area contributed by atoms with Gasteiger partial charge in [0.1, 0.15) is 0 Å². The van der Waals surface area contributed by atoms with E-state index in [-0.39, 0.29) is 6.61 Å². The highest BCUT2D eigenvalue weighted by molar-refractivity contribution is 5.87. The third kappa shape index (κ3) is 4.17. The number of tetrazole rings is 1. The molecule has 3 rings (SSSR count). The molecule has 0 unspecified atom stereocenters. The van der Waals surface area contributed by atoms with E-state index in [1.54, 1.807) is 10.8 Å². The van der Waals surface area contributed by atoms with Gasteiger partial charge < -0.3 is 4.74 Å². The van der Waals surface area contributed by atoms with Gasteiger partial charge in [-0.15, -0.1) is 5.10 Å². The maximum absolute atomic E-state index is 12.0. The Bertz CT molecular complexity index is 901. The second-order valence-electron chi connectivity index (χ2n) is 5.64. The summed E-state index contributed by atoms with van der Waals surface area (Å²) < 4.78 is 6.79. The van der Waals surface area contributed by atoms with E-state index in [0.717, 1.165) is 16.8 Å². The van der Waals surface area contributed by atoms with Gasteiger partial charge in [0.2, 0.25) is 0 Å². The molecular formula is C19H18N4O2. The summed E-state index contributed by atoms with van der Waals surface area (Å²) in [6.07, 6.45) is 3.16. The van der Waals surface area contributed by atoms with Crippen molar-refractivity contribution in [1.29, 1.82) is 0 Å². The summed E-state index contributed by atoms with van der Waals surface area (Å²) in [4.78, 5) is 12.0. The number of benzene rings is 2. The molecule has 0 aliphatic rings. The molecule has 25 heavy (non-hydrogen) atoms. The van der Waals surface area contributed by atoms with Crippen molar-refractivity contribution in [2.24, 2.45) is 0 Å². The SMILES string of the molecule is Cc1ccc(/C=C/C(=O)OCc2nnnn2-c2ccccc2)c(C)c1. The maximum Gasteiger partial charge on any atom is 0.331 e. The van der Waals surface area contributed by atoms with Gasteiger partial charge in [-0.2, -0.15) is 4.68 Å². The first-order valence-electron chi connectivity index (χ1n) is 7.88. The van der Waals surface area contributed by atoms with Crippen LogP contribution in [0.5, 0.6) is 0 Å². The maximum atomic E-state index is 12.0. The minimum atomic E-state index is -0.442. The molecule has 126 valence electrons. The zero-order valence-corrected chi connectivity index (χ0v) is 14.1. The van der Waals surface area contributed by atoms with Crippen molar-refractivity contribution in [1.82, 2.24) is 20.2 Å². The molecule has 0 fully saturated rings. The van der Waals surface area contributed by atoms with Gasteiger partial charge >= 0.3 is 5.97 Å². The molecule has 0 aliphatic carbocycles. The van der Waals surface area contributed by atoms with Gasteiger partial charge in [0.25, 0.3) is 0 Å². The van der Waals surface area contributed by atoms with Crippen LogP contribution in [0.2, 0.25) is 0 Å². The predicted octanol–water partition coefficient (Wildman–Crippen LogP) is 3.04. The fraction of sp³-hybridized carbons (Fsp3) is 0.158. The van der Waals surface area contributed by atoms with Crippen LogP contribution in [0.4, 0.5) is 0 Å². The highest BCUT2D eigenvalue weighted by atomic mass is 16.5. The van der Waals surface area contributed by atoms with E-state index in [0.29, 0.717) is 5.82 Å². The average Bonchev–Trinajstić information content (AvgIpc) is 3.08. The number of esters is 1. The molecule has 3 aromatic rings. The fourth-order valence-corrected chi connectivity index (χ4v) is 2.42. The third-order valence-corrected chi connectivity index (χ3v) is 3.70. The molecule has 1 heterocycles. The van der Waals surface area contributed by atoms with Crippen LogP contribution in [0, 0.1) is 13.8 Å². The number of nitrogens with zero attached hydrogens (tertiary/aromatic N) is 4. The second kappa shape index (κ2) is 7.53. The third-order valence-electron chi connectivity index (χ3n) is 3.70. The average molecular weight is 334 g/mol. The molecule has 6 nitrogen and oxygen atoms in total. The van der Waals surface area contributed by atoms with E-state index in [9.17, 15) is 4.79 Å². The molecule has 0 spiro atoms. The first-order chi connectivity index (χ1) is 12.1. The van der Waals surface area contributed by atoms with E-state index in [4.69, 9.17) is 4.74 Å². The molecule has 0 saturated heterocycles. The minimum absolute atomic E-state index is 0.00204. The summed E-state index contributed by atoms with van der Waals surface area (Å²) in [7, 11) is 0. The topological polar surface area (TPSA) is 69.9 Å². The summed E-state index contributed by atoms with van der Waals surface area (Å²) in [5.41, 5.74) is 4.09. The van der Waals surface area contributed by atoms with Crippen molar-refractivity contribution in [2.45, 2.75) is 20.5 Å². The van der Waals surface area contributed by atoms with Crippen molar-refractivity contribution in [3.8, 4) is 5.69 Å². The Morgan fingerprint density at radius 2 is 1.96 bits per heavy atom. The molecule has 0 amide bonds. The Hall–Kier alpha value is -3.28. The highest BCUT2D eigenvalue weighted by Gasteiger charge is 2.09. The lowest BCUT2D eigenvalue weighted by molar-refractivity contribution is -0.139. The van der Waals surface area contributed by atoms with Crippen molar-refractivity contribution in [3.63, 3.8) is 0 Å². The van der Waals surface area contributed by atoms with E-state index in [2.05, 4.69) is 21.6 Å². The molecule has 6 heteroatoms. The van der Waals surface area contributed by atoms with Crippen LogP contribution < -0.4 is 0 Å². The molecule has 0 bridgehead atoms. The van der Waals surface area contributed by atoms with Gasteiger partial charge in [0.15, 0.2) is 12.4 Å². The number of aromatic nitrogens is 4. The molecule has 0 N–H and O–H groups in total. The standard InChI is InChI=1S/C19H18N4O2/c1-14-8-9-16(15(2)12-14)10-11-19(24)25-13-18-20-21-22-23(18)17-6-4-3-5-7-17/h3-12H,13H2,1-2H3/b11-10+. The number of hydrogen-bond acceptors (Lipinski definition) is 5. The van der Waals surface area contributed by atoms with Gasteiger partial charge in [-0.25, -0.2) is 4.79 Å². The number of hydrogen-bond donors (Lipinski definition) is 0. The van der Waals surface area contributed by atoms with Gasteiger partial charge in [-0.05, 0) is 53.6 Å². The Labute approximate surface area is 145 Å². The van der Waals surface area contributed by atoms with E-state index < -0.39 is 5.97 Å². The summed E-state index contributed by atoms with van der Waals surface area (Å²) in [6, 6.07) is 15.5. The first kappa shape index (κ1) is 16.6. The Morgan fingerprint density at radius 3 is 2.72 bits per heavy atom. The lowest BCUT2D eigenvalue weighted by Crippen LogP contribution is -2.08. The lowest BCUT2D eigenvalue weighted by Gasteiger charge is -2.04. The zero-order chi connectivity index (χ0) is 17.6. The lowest BCUT2D eigenvalue weighted by atomic mass is 10.1. The van der Waals surface area contributed by atoms with Crippen molar-refractivity contribution < 1.29 is 9.53 Å². The second-order valence-corrected chi connectivity index (χ2v) is 5.64. The van der Waals surface area contributed by atoms with Gasteiger partial charge in [-0.3, -0.25) is 0 Å². The number of carbonyl (C=O) groups is 1. The molecule has 1 aromatic heterocycles. The van der Waals surface area contributed by atoms with Gasteiger partial charge in [0.05, 0.1) is 5.69 Å². The summed E-state index contributed by atoms with van der Waals surface area (Å²) in [5, 5.41) is 11.5. The van der Waals surface area contributed by atoms with Crippen LogP contribution in [0.1, 0.15) is 22.5 Å². The number of rotatable bonds is 5. The zero-order valence-electron chi connectivity index (χ0n) is 14.1. The van der Waals surface area contributed by atoms with Crippen LogP contribution in [0.25, 0.3) is 11.8 Å². The van der Waals surface area contributed by atoms with E-state index >= 15 is 0 Å². The van der Waals surface area contributed by atoms with Crippen LogP contribution in [0.15, 0.2) is 54.6 Å². The highest BCUT2D eigenvalue weighted by Crippen LogP contribution is 2.12. The molecule has 2 aromatic carbocycles. The van der Waals surface area contributed by atoms with Crippen LogP contribution >= 0.6 is 0 Å². The molecule has 0 radical (unpaired) electrons. The minimum Gasteiger partial charge on any atom is -0.454 e. The van der Waals surface area contributed by atoms with Gasteiger partial charge in [0, 0.05) is 6.08 Å². The van der Waals surface area contributed by atoms with E-state index in [1.165, 1.54) is 11.6 Å². The summed E-state index contributed by atoms with van der Waals surface area (Å²) >= 11 is 0. The van der Waals surface area contributed by atoms with Crippen LogP contribution in [0.3, 0.4) is 0 Å². The van der Waals surface area contributed by atoms with Crippen molar-refractivity contribution in [2.75, 3.05) is 0 Å². The number of aryl methyl sites for hydroxylation is 2. The molecule has 0 aliphatic heterocycles. The van der Waals surface area contributed by atoms with Crippen molar-refractivity contribution in [3.05, 3.63) is 77.1 Å². The number of para-hydroxylation sites is 1. The smallest absolute Gasteiger partial charge is 0.331 e. The Kier molecular flexibility index (Phi) is 4.99. The molecule has 0 atom stereocenters. The molecule has 0 saturated carbocycles. The first-order valence-corrected chi connectivity index (χ1v) is 7.88. The largest absolute Gasteiger partial charge is 0.454 e. The quantitative estimate of drug-likeness (QED) is 0.530. The Morgan fingerprint density at radius 1 is 1.16 bits per heavy atom. The van der Waals surface area contributed by atoms with Crippen LogP contribution in [-0.2, 0) is 16.1 Å². The Balaban J connectivity index is 1.64. The molecular weight excluding hydrogens is 316 g/mol. The number of ether oxygens (including phenoxy) is 1. The van der Waals surface area contributed by atoms with E-state index in [1.807, 2.05) is 56.3 Å². The monoisotopic (exact) mass is 334 g/mol. The summed E-state index contributed by atoms with van der Waals surface area (Å²) in [5.74, 6) is 0.0158. The summed E-state index contributed by atoms with van der Waals surface area (Å²) in [6.45, 7) is 4.04. The van der Waals surface area contributed by atoms with Gasteiger partial charge in [-0.1, -0.05) is 42.0 Å².